The highest BCUT2D eigenvalue weighted by Crippen LogP contribution is 2.20. The number of ether oxygens (including phenoxy) is 1. The Morgan fingerprint density at radius 2 is 2.05 bits per heavy atom. The molecule has 0 saturated carbocycles. The molecule has 1 saturated heterocycles. The number of benzene rings is 1. The normalized spacial score (nSPS) is 18.2. The van der Waals surface area contributed by atoms with Crippen LogP contribution in [0, 0.1) is 0 Å². The van der Waals surface area contributed by atoms with E-state index in [2.05, 4.69) is 5.32 Å². The molecular formula is C14H20N2O4S. The molecule has 1 aliphatic heterocycles. The third-order valence-corrected chi connectivity index (χ3v) is 4.85. The smallest absolute Gasteiger partial charge is 0.251 e. The van der Waals surface area contributed by atoms with Crippen molar-refractivity contribution in [2.45, 2.75) is 23.3 Å². The highest BCUT2D eigenvalue weighted by atomic mass is 32.2. The van der Waals surface area contributed by atoms with E-state index in [0.717, 1.165) is 6.26 Å². The molecule has 1 amide bonds. The Kier molecular flexibility index (Phi) is 4.65. The van der Waals surface area contributed by atoms with E-state index < -0.39 is 15.4 Å². The van der Waals surface area contributed by atoms with E-state index in [1.807, 2.05) is 0 Å². The van der Waals surface area contributed by atoms with Crippen molar-refractivity contribution in [2.75, 3.05) is 26.0 Å². The molecule has 0 unspecified atom stereocenters. The Bertz CT molecular complexity index is 622. The van der Waals surface area contributed by atoms with E-state index in [-0.39, 0.29) is 10.8 Å². The number of sulfone groups is 1. The standard InChI is InChI=1S/C14H20N2O4S/c1-21(18,19)12-4-2-3-11(9-12)13(17)16-14(10-15)5-7-20-8-6-14/h2-4,9H,5-8,10,15H2,1H3,(H,16,17). The van der Waals surface area contributed by atoms with Crippen LogP contribution >= 0.6 is 0 Å². The van der Waals surface area contributed by atoms with E-state index in [0.29, 0.717) is 38.2 Å². The third kappa shape index (κ3) is 3.81. The lowest BCUT2D eigenvalue weighted by Gasteiger charge is -2.37. The molecule has 0 bridgehead atoms. The molecule has 0 atom stereocenters. The molecule has 3 N–H and O–H groups in total. The molecule has 2 rings (SSSR count). The first-order valence-corrected chi connectivity index (χ1v) is 8.66. The second-order valence-corrected chi connectivity index (χ2v) is 7.37. The fraction of sp³-hybridized carbons (Fsp3) is 0.500. The molecule has 0 spiro atoms. The molecule has 0 radical (unpaired) electrons. The molecular weight excluding hydrogens is 292 g/mol. The number of rotatable bonds is 4. The summed E-state index contributed by atoms with van der Waals surface area (Å²) in [7, 11) is -3.34. The predicted molar refractivity (Wildman–Crippen MR) is 78.9 cm³/mol. The summed E-state index contributed by atoms with van der Waals surface area (Å²) in [5.74, 6) is -0.312. The Hall–Kier alpha value is -1.44. The maximum Gasteiger partial charge on any atom is 0.251 e. The van der Waals surface area contributed by atoms with Gasteiger partial charge in [0.05, 0.1) is 10.4 Å². The van der Waals surface area contributed by atoms with E-state index >= 15 is 0 Å². The van der Waals surface area contributed by atoms with E-state index in [9.17, 15) is 13.2 Å². The molecule has 1 aromatic carbocycles. The fourth-order valence-electron chi connectivity index (χ4n) is 2.32. The summed E-state index contributed by atoms with van der Waals surface area (Å²) in [6.07, 6.45) is 2.42. The van der Waals surface area contributed by atoms with E-state index in [1.165, 1.54) is 12.1 Å². The number of nitrogens with one attached hydrogen (secondary N) is 1. The van der Waals surface area contributed by atoms with Crippen LogP contribution in [-0.4, -0.2) is 45.9 Å². The summed E-state index contributed by atoms with van der Waals surface area (Å²) in [6, 6.07) is 6.01. The van der Waals surface area contributed by atoms with Crippen molar-refractivity contribution >= 4 is 15.7 Å². The van der Waals surface area contributed by atoms with Crippen LogP contribution in [0.2, 0.25) is 0 Å². The van der Waals surface area contributed by atoms with Gasteiger partial charge in [-0.05, 0) is 31.0 Å². The van der Waals surface area contributed by atoms with Crippen molar-refractivity contribution in [2.24, 2.45) is 5.73 Å². The second kappa shape index (κ2) is 6.13. The molecule has 1 heterocycles. The molecule has 1 aromatic rings. The van der Waals surface area contributed by atoms with Gasteiger partial charge < -0.3 is 15.8 Å². The first-order valence-electron chi connectivity index (χ1n) is 6.77. The summed E-state index contributed by atoms with van der Waals surface area (Å²) in [6.45, 7) is 1.44. The van der Waals surface area contributed by atoms with Gasteiger partial charge in [-0.1, -0.05) is 6.07 Å². The summed E-state index contributed by atoms with van der Waals surface area (Å²) in [4.78, 5) is 12.5. The molecule has 116 valence electrons. The van der Waals surface area contributed by atoms with Crippen LogP contribution in [0.3, 0.4) is 0 Å². The Morgan fingerprint density at radius 3 is 2.62 bits per heavy atom. The minimum atomic E-state index is -3.34. The van der Waals surface area contributed by atoms with Gasteiger partial charge in [0, 0.05) is 31.6 Å². The van der Waals surface area contributed by atoms with Crippen molar-refractivity contribution in [1.29, 1.82) is 0 Å². The summed E-state index contributed by atoms with van der Waals surface area (Å²) >= 11 is 0. The van der Waals surface area contributed by atoms with Gasteiger partial charge in [-0.15, -0.1) is 0 Å². The van der Waals surface area contributed by atoms with Crippen molar-refractivity contribution in [3.63, 3.8) is 0 Å². The lowest BCUT2D eigenvalue weighted by atomic mass is 9.89. The van der Waals surface area contributed by atoms with Crippen LogP contribution in [0.1, 0.15) is 23.2 Å². The molecule has 21 heavy (non-hydrogen) atoms. The van der Waals surface area contributed by atoms with Gasteiger partial charge in [0.1, 0.15) is 0 Å². The molecule has 0 aromatic heterocycles. The van der Waals surface area contributed by atoms with Gasteiger partial charge in [0.15, 0.2) is 9.84 Å². The number of carbonyl (C=O) groups excluding carboxylic acids is 1. The summed E-state index contributed by atoms with van der Waals surface area (Å²) < 4.78 is 28.4. The minimum Gasteiger partial charge on any atom is -0.381 e. The van der Waals surface area contributed by atoms with Gasteiger partial charge in [0.25, 0.3) is 5.91 Å². The fourth-order valence-corrected chi connectivity index (χ4v) is 2.99. The lowest BCUT2D eigenvalue weighted by molar-refractivity contribution is 0.0388. The van der Waals surface area contributed by atoms with Gasteiger partial charge in [-0.25, -0.2) is 8.42 Å². The first kappa shape index (κ1) is 15.9. The SMILES string of the molecule is CS(=O)(=O)c1cccc(C(=O)NC2(CN)CCOCC2)c1. The van der Waals surface area contributed by atoms with Gasteiger partial charge in [-0.3, -0.25) is 4.79 Å². The maximum atomic E-state index is 12.4. The minimum absolute atomic E-state index is 0.129. The lowest BCUT2D eigenvalue weighted by Crippen LogP contribution is -2.56. The zero-order chi connectivity index (χ0) is 15.5. The van der Waals surface area contributed by atoms with Crippen LogP contribution in [0.25, 0.3) is 0 Å². The second-order valence-electron chi connectivity index (χ2n) is 5.35. The molecule has 0 aliphatic carbocycles. The van der Waals surface area contributed by atoms with Gasteiger partial charge in [0.2, 0.25) is 0 Å². The molecule has 6 nitrogen and oxygen atoms in total. The largest absolute Gasteiger partial charge is 0.381 e. The van der Waals surface area contributed by atoms with Crippen LogP contribution in [0.4, 0.5) is 0 Å². The van der Waals surface area contributed by atoms with Crippen LogP contribution in [-0.2, 0) is 14.6 Å². The number of amides is 1. The van der Waals surface area contributed by atoms with Gasteiger partial charge >= 0.3 is 0 Å². The predicted octanol–water partition coefficient (Wildman–Crippen LogP) is 0.328. The van der Waals surface area contributed by atoms with Crippen LogP contribution in [0.5, 0.6) is 0 Å². The number of hydrogen-bond donors (Lipinski definition) is 2. The van der Waals surface area contributed by atoms with Gasteiger partial charge in [-0.2, -0.15) is 0 Å². The maximum absolute atomic E-state index is 12.4. The third-order valence-electron chi connectivity index (χ3n) is 3.74. The number of nitrogens with two attached hydrogens (primary N) is 1. The average molecular weight is 312 g/mol. The Morgan fingerprint density at radius 1 is 1.38 bits per heavy atom. The average Bonchev–Trinajstić information content (AvgIpc) is 2.47. The van der Waals surface area contributed by atoms with Crippen molar-refractivity contribution in [3.8, 4) is 0 Å². The van der Waals surface area contributed by atoms with Crippen LogP contribution in [0.15, 0.2) is 29.2 Å². The Labute approximate surface area is 124 Å². The zero-order valence-corrected chi connectivity index (χ0v) is 12.8. The topological polar surface area (TPSA) is 98.5 Å². The van der Waals surface area contributed by atoms with E-state index in [1.54, 1.807) is 12.1 Å². The van der Waals surface area contributed by atoms with Crippen molar-refractivity contribution in [1.82, 2.24) is 5.32 Å². The first-order chi connectivity index (χ1) is 9.86. The molecule has 1 aliphatic rings. The van der Waals surface area contributed by atoms with Crippen molar-refractivity contribution in [3.05, 3.63) is 29.8 Å². The quantitative estimate of drug-likeness (QED) is 0.834. The molecule has 1 fully saturated rings. The highest BCUT2D eigenvalue weighted by molar-refractivity contribution is 7.90. The number of carbonyl (C=O) groups is 1. The van der Waals surface area contributed by atoms with Crippen LogP contribution < -0.4 is 11.1 Å². The summed E-state index contributed by atoms with van der Waals surface area (Å²) in [5.41, 5.74) is 5.64. The molecule has 7 heteroatoms. The summed E-state index contributed by atoms with van der Waals surface area (Å²) in [5, 5.41) is 2.94. The highest BCUT2D eigenvalue weighted by Gasteiger charge is 2.33. The number of hydrogen-bond acceptors (Lipinski definition) is 5. The van der Waals surface area contributed by atoms with E-state index in [4.69, 9.17) is 10.5 Å². The Balaban J connectivity index is 2.20. The van der Waals surface area contributed by atoms with Crippen molar-refractivity contribution < 1.29 is 17.9 Å². The zero-order valence-electron chi connectivity index (χ0n) is 12.0. The monoisotopic (exact) mass is 312 g/mol.